The molecular formula is C12H14N2O3S. The number of carbonyl (C=O) groups excluding carboxylic acids is 1. The van der Waals surface area contributed by atoms with Gasteiger partial charge in [0, 0.05) is 18.5 Å². The van der Waals surface area contributed by atoms with Gasteiger partial charge in [-0.2, -0.15) is 5.26 Å². The average molecular weight is 266 g/mol. The van der Waals surface area contributed by atoms with Crippen molar-refractivity contribution in [1.82, 2.24) is 4.72 Å². The number of sulfonamides is 1. The Morgan fingerprint density at radius 2 is 2.17 bits per heavy atom. The Balaban J connectivity index is 2.82. The minimum absolute atomic E-state index is 0.0622. The molecule has 1 rings (SSSR count). The van der Waals surface area contributed by atoms with E-state index >= 15 is 0 Å². The maximum atomic E-state index is 11.9. The highest BCUT2D eigenvalue weighted by Crippen LogP contribution is 2.11. The van der Waals surface area contributed by atoms with Gasteiger partial charge in [0.1, 0.15) is 0 Å². The molecular weight excluding hydrogens is 252 g/mol. The second-order valence-electron chi connectivity index (χ2n) is 3.74. The Kier molecular flexibility index (Phi) is 5.01. The number of rotatable bonds is 6. The van der Waals surface area contributed by atoms with Crippen molar-refractivity contribution >= 4 is 15.8 Å². The molecule has 0 unspecified atom stereocenters. The second kappa shape index (κ2) is 6.28. The molecule has 0 saturated heterocycles. The topological polar surface area (TPSA) is 87.0 Å². The first-order valence-electron chi connectivity index (χ1n) is 5.45. The van der Waals surface area contributed by atoms with E-state index in [-0.39, 0.29) is 17.2 Å². The Morgan fingerprint density at radius 1 is 1.44 bits per heavy atom. The van der Waals surface area contributed by atoms with Crippen molar-refractivity contribution in [2.45, 2.75) is 24.7 Å². The van der Waals surface area contributed by atoms with E-state index in [2.05, 4.69) is 4.72 Å². The maximum Gasteiger partial charge on any atom is 0.240 e. The summed E-state index contributed by atoms with van der Waals surface area (Å²) in [6, 6.07) is 7.80. The fourth-order valence-electron chi connectivity index (χ4n) is 1.34. The van der Waals surface area contributed by atoms with E-state index in [9.17, 15) is 13.2 Å². The van der Waals surface area contributed by atoms with Gasteiger partial charge in [0.25, 0.3) is 0 Å². The van der Waals surface area contributed by atoms with Crippen LogP contribution in [-0.2, 0) is 10.0 Å². The normalized spacial score (nSPS) is 10.9. The largest absolute Gasteiger partial charge is 0.295 e. The molecule has 0 aliphatic carbocycles. The minimum Gasteiger partial charge on any atom is -0.295 e. The molecule has 0 spiro atoms. The van der Waals surface area contributed by atoms with E-state index in [1.54, 1.807) is 6.07 Å². The van der Waals surface area contributed by atoms with Crippen molar-refractivity contribution in [2.75, 3.05) is 6.54 Å². The molecule has 0 amide bonds. The number of nitrogens with zero attached hydrogens (tertiary/aromatic N) is 1. The van der Waals surface area contributed by atoms with E-state index < -0.39 is 10.0 Å². The predicted molar refractivity (Wildman–Crippen MR) is 66.5 cm³/mol. The molecule has 0 atom stereocenters. The first-order valence-corrected chi connectivity index (χ1v) is 6.93. The number of unbranched alkanes of at least 4 members (excludes halogenated alkanes) is 1. The Hall–Kier alpha value is -1.71. The number of ketones is 1. The van der Waals surface area contributed by atoms with Crippen molar-refractivity contribution in [2.24, 2.45) is 0 Å². The zero-order chi connectivity index (χ0) is 13.6. The van der Waals surface area contributed by atoms with Crippen molar-refractivity contribution in [3.05, 3.63) is 29.8 Å². The average Bonchev–Trinajstić information content (AvgIpc) is 2.35. The SMILES string of the molecule is CC(=O)c1cccc(S(=O)(=O)NCCCC#N)c1. The van der Waals surface area contributed by atoms with Crippen LogP contribution in [0.3, 0.4) is 0 Å². The van der Waals surface area contributed by atoms with E-state index in [0.717, 1.165) is 0 Å². The smallest absolute Gasteiger partial charge is 0.240 e. The summed E-state index contributed by atoms with van der Waals surface area (Å²) < 4.78 is 26.1. The van der Waals surface area contributed by atoms with E-state index in [1.807, 2.05) is 6.07 Å². The zero-order valence-electron chi connectivity index (χ0n) is 10.0. The number of carbonyl (C=O) groups is 1. The first-order chi connectivity index (χ1) is 8.47. The van der Waals surface area contributed by atoms with Gasteiger partial charge in [-0.25, -0.2) is 13.1 Å². The highest BCUT2D eigenvalue weighted by Gasteiger charge is 2.14. The molecule has 0 saturated carbocycles. The van der Waals surface area contributed by atoms with Crippen LogP contribution in [0.15, 0.2) is 29.2 Å². The van der Waals surface area contributed by atoms with Crippen LogP contribution in [0.25, 0.3) is 0 Å². The molecule has 0 aliphatic rings. The number of benzene rings is 1. The van der Waals surface area contributed by atoms with Gasteiger partial charge in [0.05, 0.1) is 11.0 Å². The van der Waals surface area contributed by atoms with Gasteiger partial charge >= 0.3 is 0 Å². The molecule has 0 aliphatic heterocycles. The van der Waals surface area contributed by atoms with Crippen molar-refractivity contribution < 1.29 is 13.2 Å². The van der Waals surface area contributed by atoms with Crippen LogP contribution in [0.5, 0.6) is 0 Å². The van der Waals surface area contributed by atoms with Crippen molar-refractivity contribution in [1.29, 1.82) is 5.26 Å². The highest BCUT2D eigenvalue weighted by atomic mass is 32.2. The van der Waals surface area contributed by atoms with Crippen LogP contribution >= 0.6 is 0 Å². The molecule has 1 aromatic carbocycles. The van der Waals surface area contributed by atoms with Gasteiger partial charge in [0.2, 0.25) is 10.0 Å². The van der Waals surface area contributed by atoms with Crippen LogP contribution in [-0.4, -0.2) is 20.7 Å². The molecule has 1 aromatic rings. The van der Waals surface area contributed by atoms with Crippen LogP contribution in [0.1, 0.15) is 30.1 Å². The molecule has 1 N–H and O–H groups in total. The van der Waals surface area contributed by atoms with Gasteiger partial charge in [-0.3, -0.25) is 4.79 Å². The molecule has 6 heteroatoms. The van der Waals surface area contributed by atoms with Gasteiger partial charge < -0.3 is 0 Å². The lowest BCUT2D eigenvalue weighted by atomic mass is 10.2. The highest BCUT2D eigenvalue weighted by molar-refractivity contribution is 7.89. The van der Waals surface area contributed by atoms with Crippen LogP contribution in [0, 0.1) is 11.3 Å². The lowest BCUT2D eigenvalue weighted by molar-refractivity contribution is 0.101. The molecule has 0 bridgehead atoms. The van der Waals surface area contributed by atoms with Crippen LogP contribution < -0.4 is 4.72 Å². The number of nitriles is 1. The fourth-order valence-corrected chi connectivity index (χ4v) is 2.46. The summed E-state index contributed by atoms with van der Waals surface area (Å²) in [5.74, 6) is -0.184. The van der Waals surface area contributed by atoms with Crippen LogP contribution in [0.4, 0.5) is 0 Å². The maximum absolute atomic E-state index is 11.9. The summed E-state index contributed by atoms with van der Waals surface area (Å²) in [5, 5.41) is 8.35. The quantitative estimate of drug-likeness (QED) is 0.624. The summed E-state index contributed by atoms with van der Waals surface area (Å²) in [6.07, 6.45) is 0.762. The van der Waals surface area contributed by atoms with E-state index in [0.29, 0.717) is 18.4 Å². The summed E-state index contributed by atoms with van der Waals surface area (Å²) in [5.41, 5.74) is 0.356. The molecule has 5 nitrogen and oxygen atoms in total. The third-order valence-electron chi connectivity index (χ3n) is 2.31. The monoisotopic (exact) mass is 266 g/mol. The second-order valence-corrected chi connectivity index (χ2v) is 5.51. The summed E-state index contributed by atoms with van der Waals surface area (Å²) >= 11 is 0. The zero-order valence-corrected chi connectivity index (χ0v) is 10.8. The van der Waals surface area contributed by atoms with Crippen molar-refractivity contribution in [3.8, 4) is 6.07 Å². The molecule has 96 valence electrons. The number of nitrogens with one attached hydrogen (secondary N) is 1. The van der Waals surface area contributed by atoms with Crippen LogP contribution in [0.2, 0.25) is 0 Å². The van der Waals surface area contributed by atoms with Crippen molar-refractivity contribution in [3.63, 3.8) is 0 Å². The molecule has 0 aromatic heterocycles. The van der Waals surface area contributed by atoms with Gasteiger partial charge in [-0.05, 0) is 25.5 Å². The number of hydrogen-bond acceptors (Lipinski definition) is 4. The summed E-state index contributed by atoms with van der Waals surface area (Å²) in [6.45, 7) is 1.59. The van der Waals surface area contributed by atoms with E-state index in [1.165, 1.54) is 25.1 Å². The lowest BCUT2D eigenvalue weighted by Gasteiger charge is -2.06. The van der Waals surface area contributed by atoms with E-state index in [4.69, 9.17) is 5.26 Å². The number of Topliss-reactive ketones (excluding diaryl/α,β-unsaturated/α-hetero) is 1. The summed E-state index contributed by atoms with van der Waals surface area (Å²) in [7, 11) is -3.61. The van der Waals surface area contributed by atoms with Gasteiger partial charge in [-0.1, -0.05) is 12.1 Å². The first kappa shape index (κ1) is 14.4. The Bertz CT molecular complexity index is 573. The molecule has 0 radical (unpaired) electrons. The molecule has 18 heavy (non-hydrogen) atoms. The third kappa shape index (κ3) is 3.95. The standard InChI is InChI=1S/C12H14N2O3S/c1-10(15)11-5-4-6-12(9-11)18(16,17)14-8-3-2-7-13/h4-6,9,14H,2-3,8H2,1H3. The fraction of sp³-hybridized carbons (Fsp3) is 0.333. The Morgan fingerprint density at radius 3 is 2.78 bits per heavy atom. The predicted octanol–water partition coefficient (Wildman–Crippen LogP) is 1.47. The Labute approximate surface area is 106 Å². The minimum atomic E-state index is -3.61. The van der Waals surface area contributed by atoms with Gasteiger partial charge in [-0.15, -0.1) is 0 Å². The lowest BCUT2D eigenvalue weighted by Crippen LogP contribution is -2.24. The molecule has 0 fully saturated rings. The summed E-state index contributed by atoms with van der Waals surface area (Å²) in [4.78, 5) is 11.2. The third-order valence-corrected chi connectivity index (χ3v) is 3.77. The van der Waals surface area contributed by atoms with Gasteiger partial charge in [0.15, 0.2) is 5.78 Å². The molecule has 0 heterocycles. The number of hydrogen-bond donors (Lipinski definition) is 1.